The number of hydrogen-bond acceptors (Lipinski definition) is 4. The van der Waals surface area contributed by atoms with Gasteiger partial charge in [-0.25, -0.2) is 0 Å². The van der Waals surface area contributed by atoms with Gasteiger partial charge in [-0.15, -0.1) is 0 Å². The maximum absolute atomic E-state index is 12.8. The summed E-state index contributed by atoms with van der Waals surface area (Å²) in [6.07, 6.45) is 1.70. The van der Waals surface area contributed by atoms with E-state index >= 15 is 0 Å². The first-order chi connectivity index (χ1) is 12.0. The van der Waals surface area contributed by atoms with Crippen LogP contribution in [0.1, 0.15) is 56.5 Å². The third-order valence-corrected chi connectivity index (χ3v) is 9.82. The maximum Gasteiger partial charge on any atom is 0.250 e. The molecule has 1 aliphatic rings. The second-order valence-electron chi connectivity index (χ2n) is 8.55. The predicted octanol–water partition coefficient (Wildman–Crippen LogP) is 4.10. The van der Waals surface area contributed by atoms with Crippen molar-refractivity contribution in [2.45, 2.75) is 71.1 Å². The van der Waals surface area contributed by atoms with Crippen molar-refractivity contribution in [1.29, 1.82) is 0 Å². The monoisotopic (exact) mass is 377 g/mol. The number of hydrogen-bond donors (Lipinski definition) is 1. The molecular weight excluding hydrogens is 346 g/mol. The van der Waals surface area contributed by atoms with Gasteiger partial charge in [0.2, 0.25) is 5.91 Å². The number of amides is 1. The molecule has 0 heterocycles. The van der Waals surface area contributed by atoms with Gasteiger partial charge in [0.1, 0.15) is 0 Å². The number of nitrogens with one attached hydrogen (secondary N) is 1. The van der Waals surface area contributed by atoms with Gasteiger partial charge in [-0.05, 0) is 43.1 Å². The highest BCUT2D eigenvalue weighted by atomic mass is 28.4. The van der Waals surface area contributed by atoms with Gasteiger partial charge in [-0.2, -0.15) is 0 Å². The maximum atomic E-state index is 12.8. The quantitative estimate of drug-likeness (QED) is 0.634. The number of benzene rings is 1. The Morgan fingerprint density at radius 2 is 1.92 bits per heavy atom. The number of ketones is 1. The molecule has 1 amide bonds. The standard InChI is InChI=1S/C20H31NO4Si/c1-13(22)21-14-8-9-16-15(17(23)12-14)10-11-18(24-5)19(16)25-26(6,7)20(2,3)4/h10-11,14H,8-9,12H2,1-7H3,(H,21,22). The Morgan fingerprint density at radius 3 is 2.46 bits per heavy atom. The summed E-state index contributed by atoms with van der Waals surface area (Å²) in [7, 11) is -0.471. The third-order valence-electron chi connectivity index (χ3n) is 5.49. The van der Waals surface area contributed by atoms with Gasteiger partial charge in [-0.1, -0.05) is 20.8 Å². The zero-order valence-corrected chi connectivity index (χ0v) is 18.0. The number of carbonyl (C=O) groups is 2. The molecule has 1 N–H and O–H groups in total. The van der Waals surface area contributed by atoms with Gasteiger partial charge in [0.25, 0.3) is 8.32 Å². The van der Waals surface area contributed by atoms with E-state index in [2.05, 4.69) is 39.2 Å². The number of rotatable bonds is 4. The van der Waals surface area contributed by atoms with Gasteiger partial charge in [0.15, 0.2) is 17.3 Å². The van der Waals surface area contributed by atoms with E-state index < -0.39 is 8.32 Å². The second-order valence-corrected chi connectivity index (χ2v) is 13.3. The highest BCUT2D eigenvalue weighted by molar-refractivity contribution is 6.74. The SMILES string of the molecule is COc1ccc2c(c1O[Si](C)(C)C(C)(C)C)CCC(NC(C)=O)CC2=O. The van der Waals surface area contributed by atoms with Crippen LogP contribution in [0.5, 0.6) is 11.5 Å². The molecule has 0 aromatic heterocycles. The number of ether oxygens (including phenoxy) is 1. The summed E-state index contributed by atoms with van der Waals surface area (Å²) in [6, 6.07) is 3.50. The molecule has 1 aromatic rings. The fourth-order valence-electron chi connectivity index (χ4n) is 2.96. The zero-order valence-electron chi connectivity index (χ0n) is 17.0. The highest BCUT2D eigenvalue weighted by Crippen LogP contribution is 2.43. The molecule has 144 valence electrons. The molecule has 6 heteroatoms. The normalized spacial score (nSPS) is 18.0. The van der Waals surface area contributed by atoms with E-state index in [1.165, 1.54) is 6.92 Å². The van der Waals surface area contributed by atoms with Gasteiger partial charge in [0, 0.05) is 30.5 Å². The largest absolute Gasteiger partial charge is 0.541 e. The first-order valence-electron chi connectivity index (χ1n) is 9.15. The molecule has 1 aromatic carbocycles. The molecule has 2 rings (SSSR count). The summed E-state index contributed by atoms with van der Waals surface area (Å²) >= 11 is 0. The van der Waals surface area contributed by atoms with Gasteiger partial charge >= 0.3 is 0 Å². The van der Waals surface area contributed by atoms with Crippen LogP contribution in [-0.4, -0.2) is 33.2 Å². The lowest BCUT2D eigenvalue weighted by atomic mass is 10.0. The fourth-order valence-corrected chi connectivity index (χ4v) is 4.00. The molecule has 0 aliphatic heterocycles. The molecule has 0 saturated carbocycles. The van der Waals surface area contributed by atoms with E-state index in [0.717, 1.165) is 5.56 Å². The summed E-state index contributed by atoms with van der Waals surface area (Å²) in [5.41, 5.74) is 1.60. The van der Waals surface area contributed by atoms with Crippen LogP contribution in [0.2, 0.25) is 18.1 Å². The second kappa shape index (κ2) is 7.43. The molecule has 0 spiro atoms. The van der Waals surface area contributed by atoms with Crippen molar-refractivity contribution < 1.29 is 18.8 Å². The van der Waals surface area contributed by atoms with Crippen molar-refractivity contribution in [3.05, 3.63) is 23.3 Å². The van der Waals surface area contributed by atoms with Gasteiger partial charge in [-0.3, -0.25) is 9.59 Å². The van der Waals surface area contributed by atoms with Crippen LogP contribution in [0.4, 0.5) is 0 Å². The molecule has 1 atom stereocenters. The molecule has 0 radical (unpaired) electrons. The molecular formula is C20H31NO4Si. The number of carbonyl (C=O) groups excluding carboxylic acids is 2. The first kappa shape index (κ1) is 20.5. The lowest BCUT2D eigenvalue weighted by Crippen LogP contribution is -2.44. The van der Waals surface area contributed by atoms with Crippen LogP contribution < -0.4 is 14.5 Å². The van der Waals surface area contributed by atoms with Crippen LogP contribution in [0.15, 0.2) is 12.1 Å². The summed E-state index contributed by atoms with van der Waals surface area (Å²) in [4.78, 5) is 24.2. The topological polar surface area (TPSA) is 64.6 Å². The number of methoxy groups -OCH3 is 1. The van der Waals surface area contributed by atoms with Crippen LogP contribution in [0, 0.1) is 0 Å². The predicted molar refractivity (Wildman–Crippen MR) is 106 cm³/mol. The number of fused-ring (bicyclic) bond motifs is 1. The number of Topliss-reactive ketones (excluding diaryl/α,β-unsaturated/α-hetero) is 1. The van der Waals surface area contributed by atoms with Crippen molar-refractivity contribution in [2.24, 2.45) is 0 Å². The highest BCUT2D eigenvalue weighted by Gasteiger charge is 2.40. The molecule has 0 saturated heterocycles. The summed E-state index contributed by atoms with van der Waals surface area (Å²) in [5, 5.41) is 2.92. The van der Waals surface area contributed by atoms with Crippen molar-refractivity contribution in [1.82, 2.24) is 5.32 Å². The van der Waals surface area contributed by atoms with Gasteiger partial charge < -0.3 is 14.5 Å². The van der Waals surface area contributed by atoms with E-state index in [1.807, 2.05) is 12.1 Å². The molecule has 5 nitrogen and oxygen atoms in total. The van der Waals surface area contributed by atoms with Crippen molar-refractivity contribution >= 4 is 20.0 Å². The van der Waals surface area contributed by atoms with Crippen LogP contribution in [0.25, 0.3) is 0 Å². The van der Waals surface area contributed by atoms with Crippen LogP contribution >= 0.6 is 0 Å². The minimum absolute atomic E-state index is 0.0359. The lowest BCUT2D eigenvalue weighted by molar-refractivity contribution is -0.119. The Morgan fingerprint density at radius 1 is 1.27 bits per heavy atom. The van der Waals surface area contributed by atoms with Crippen molar-refractivity contribution in [3.8, 4) is 11.5 Å². The Labute approximate surface area is 157 Å². The summed E-state index contributed by atoms with van der Waals surface area (Å²) < 4.78 is 12.1. The summed E-state index contributed by atoms with van der Waals surface area (Å²) in [5.74, 6) is 1.30. The van der Waals surface area contributed by atoms with Crippen molar-refractivity contribution in [3.63, 3.8) is 0 Å². The van der Waals surface area contributed by atoms with E-state index in [0.29, 0.717) is 36.3 Å². The summed E-state index contributed by atoms with van der Waals surface area (Å²) in [6.45, 7) is 12.4. The van der Waals surface area contributed by atoms with Crippen molar-refractivity contribution in [2.75, 3.05) is 7.11 Å². The van der Waals surface area contributed by atoms with E-state index in [4.69, 9.17) is 9.16 Å². The smallest absolute Gasteiger partial charge is 0.250 e. The first-order valence-corrected chi connectivity index (χ1v) is 12.1. The fraction of sp³-hybridized carbons (Fsp3) is 0.600. The Kier molecular flexibility index (Phi) is 5.85. The lowest BCUT2D eigenvalue weighted by Gasteiger charge is -2.37. The molecule has 0 bridgehead atoms. The van der Waals surface area contributed by atoms with E-state index in [-0.39, 0.29) is 22.8 Å². The van der Waals surface area contributed by atoms with E-state index in [9.17, 15) is 9.59 Å². The molecule has 26 heavy (non-hydrogen) atoms. The average molecular weight is 378 g/mol. The minimum atomic E-state index is -2.10. The van der Waals surface area contributed by atoms with Gasteiger partial charge in [0.05, 0.1) is 7.11 Å². The molecule has 1 unspecified atom stereocenters. The van der Waals surface area contributed by atoms with Crippen LogP contribution in [0.3, 0.4) is 0 Å². The molecule has 1 aliphatic carbocycles. The third kappa shape index (κ3) is 4.28. The zero-order chi connectivity index (χ0) is 19.7. The molecule has 0 fully saturated rings. The Bertz CT molecular complexity index is 706. The Hall–Kier alpha value is -1.82. The Balaban J connectivity index is 2.47. The minimum Gasteiger partial charge on any atom is -0.541 e. The van der Waals surface area contributed by atoms with E-state index in [1.54, 1.807) is 7.11 Å². The average Bonchev–Trinajstić information content (AvgIpc) is 2.65. The van der Waals surface area contributed by atoms with Crippen LogP contribution in [-0.2, 0) is 11.2 Å².